The number of alkyl halides is 6. The normalized spacial score (nSPS) is 12.3. The van der Waals surface area contributed by atoms with Crippen molar-refractivity contribution < 1.29 is 31.1 Å². The van der Waals surface area contributed by atoms with Crippen LogP contribution in [0.3, 0.4) is 0 Å². The Kier molecular flexibility index (Phi) is 3.90. The summed E-state index contributed by atoms with van der Waals surface area (Å²) in [6.45, 7) is 0. The Bertz CT molecular complexity index is 691. The number of carbonyl (C=O) groups is 1. The van der Waals surface area contributed by atoms with Crippen LogP contribution in [0, 0.1) is 0 Å². The summed E-state index contributed by atoms with van der Waals surface area (Å²) in [6.07, 6.45) is -8.50. The van der Waals surface area contributed by atoms with Crippen LogP contribution < -0.4 is 0 Å². The number of carbonyl (C=O) groups excluding carboxylic acids is 1. The van der Waals surface area contributed by atoms with E-state index in [1.165, 1.54) is 0 Å². The zero-order valence-corrected chi connectivity index (χ0v) is 10.5. The molecule has 2 aromatic heterocycles. The molecular formula is C13H6F6N2O. The van der Waals surface area contributed by atoms with Crippen molar-refractivity contribution in [3.05, 3.63) is 47.4 Å². The van der Waals surface area contributed by atoms with Crippen molar-refractivity contribution in [1.29, 1.82) is 0 Å². The van der Waals surface area contributed by atoms with Crippen LogP contribution in [-0.4, -0.2) is 16.3 Å². The minimum atomic E-state index is -4.71. The highest BCUT2D eigenvalue weighted by Gasteiger charge is 2.33. The van der Waals surface area contributed by atoms with E-state index in [9.17, 15) is 31.1 Å². The fraction of sp³-hybridized carbons (Fsp3) is 0.154. The second-order valence-electron chi connectivity index (χ2n) is 4.21. The van der Waals surface area contributed by atoms with Crippen LogP contribution in [0.1, 0.15) is 21.7 Å². The largest absolute Gasteiger partial charge is 0.433 e. The Morgan fingerprint density at radius 1 is 0.955 bits per heavy atom. The summed E-state index contributed by atoms with van der Waals surface area (Å²) >= 11 is 0. The van der Waals surface area contributed by atoms with Gasteiger partial charge in [-0.1, -0.05) is 0 Å². The van der Waals surface area contributed by atoms with Crippen LogP contribution in [0.2, 0.25) is 0 Å². The van der Waals surface area contributed by atoms with Crippen molar-refractivity contribution >= 4 is 6.29 Å². The first-order valence-electron chi connectivity index (χ1n) is 5.69. The second-order valence-corrected chi connectivity index (χ2v) is 4.21. The van der Waals surface area contributed by atoms with E-state index in [0.717, 1.165) is 12.3 Å². The molecule has 2 aromatic rings. The number of nitrogens with zero attached hydrogens (tertiary/aromatic N) is 2. The maximum absolute atomic E-state index is 12.7. The van der Waals surface area contributed by atoms with Crippen molar-refractivity contribution in [2.45, 2.75) is 12.4 Å². The minimum Gasteiger partial charge on any atom is -0.296 e. The van der Waals surface area contributed by atoms with Crippen molar-refractivity contribution in [2.75, 3.05) is 0 Å². The Morgan fingerprint density at radius 2 is 1.64 bits per heavy atom. The predicted octanol–water partition coefficient (Wildman–Crippen LogP) is 3.99. The topological polar surface area (TPSA) is 42.9 Å². The van der Waals surface area contributed by atoms with Crippen molar-refractivity contribution in [3.8, 4) is 11.3 Å². The van der Waals surface area contributed by atoms with E-state index in [4.69, 9.17) is 0 Å². The molecule has 0 atom stereocenters. The smallest absolute Gasteiger partial charge is 0.296 e. The fourth-order valence-electron chi connectivity index (χ4n) is 1.64. The van der Waals surface area contributed by atoms with Crippen LogP contribution in [0.5, 0.6) is 0 Å². The lowest BCUT2D eigenvalue weighted by molar-refractivity contribution is -0.141. The van der Waals surface area contributed by atoms with Crippen molar-refractivity contribution in [2.24, 2.45) is 0 Å². The van der Waals surface area contributed by atoms with Crippen molar-refractivity contribution in [3.63, 3.8) is 0 Å². The molecule has 0 bridgehead atoms. The van der Waals surface area contributed by atoms with E-state index in [1.807, 2.05) is 0 Å². The molecule has 0 saturated heterocycles. The highest BCUT2D eigenvalue weighted by molar-refractivity contribution is 5.74. The number of rotatable bonds is 2. The van der Waals surface area contributed by atoms with E-state index in [1.54, 1.807) is 0 Å². The molecule has 0 aliphatic rings. The first-order valence-corrected chi connectivity index (χ1v) is 5.69. The molecule has 0 aliphatic carbocycles. The molecule has 116 valence electrons. The summed E-state index contributed by atoms with van der Waals surface area (Å²) in [5, 5.41) is 0. The van der Waals surface area contributed by atoms with Gasteiger partial charge in [0.25, 0.3) is 0 Å². The Morgan fingerprint density at radius 3 is 2.09 bits per heavy atom. The maximum Gasteiger partial charge on any atom is 0.433 e. The number of pyridine rings is 2. The average Bonchev–Trinajstić information content (AvgIpc) is 2.45. The van der Waals surface area contributed by atoms with Crippen LogP contribution in [0.4, 0.5) is 26.3 Å². The number of aromatic nitrogens is 2. The van der Waals surface area contributed by atoms with Crippen molar-refractivity contribution in [1.82, 2.24) is 9.97 Å². The third-order valence-corrected chi connectivity index (χ3v) is 2.64. The molecule has 2 heterocycles. The standard InChI is InChI=1S/C13H6F6N2O/c14-12(15,16)8-3-9(6-22)21-10(4-8)7-1-2-11(20-5-7)13(17,18)19/h1-6H. The van der Waals surface area contributed by atoms with Gasteiger partial charge in [0.1, 0.15) is 11.4 Å². The average molecular weight is 320 g/mol. The van der Waals surface area contributed by atoms with Crippen LogP contribution >= 0.6 is 0 Å². The number of halogens is 6. The van der Waals surface area contributed by atoms with Crippen LogP contribution in [0.25, 0.3) is 11.3 Å². The van der Waals surface area contributed by atoms with Crippen LogP contribution in [0.15, 0.2) is 30.5 Å². The Labute approximate surface area is 119 Å². The molecular weight excluding hydrogens is 314 g/mol. The molecule has 0 saturated carbocycles. The first kappa shape index (κ1) is 15.9. The molecule has 22 heavy (non-hydrogen) atoms. The van der Waals surface area contributed by atoms with Gasteiger partial charge in [-0.05, 0) is 24.3 Å². The molecule has 0 N–H and O–H groups in total. The second kappa shape index (κ2) is 5.39. The molecule has 0 radical (unpaired) electrons. The molecule has 0 fully saturated rings. The zero-order chi connectivity index (χ0) is 16.5. The van der Waals surface area contributed by atoms with E-state index < -0.39 is 29.3 Å². The summed E-state index contributed by atoms with van der Waals surface area (Å²) in [5.74, 6) is 0. The zero-order valence-electron chi connectivity index (χ0n) is 10.5. The molecule has 0 aliphatic heterocycles. The van der Waals surface area contributed by atoms with Gasteiger partial charge < -0.3 is 0 Å². The molecule has 0 amide bonds. The van der Waals surface area contributed by atoms with Gasteiger partial charge in [0.2, 0.25) is 0 Å². The highest BCUT2D eigenvalue weighted by Crippen LogP contribution is 2.33. The molecule has 0 unspecified atom stereocenters. The van der Waals surface area contributed by atoms with E-state index in [2.05, 4.69) is 9.97 Å². The third-order valence-electron chi connectivity index (χ3n) is 2.64. The summed E-state index contributed by atoms with van der Waals surface area (Å²) < 4.78 is 75.3. The lowest BCUT2D eigenvalue weighted by Crippen LogP contribution is -2.08. The molecule has 9 heteroatoms. The van der Waals surface area contributed by atoms with Gasteiger partial charge in [-0.25, -0.2) is 4.98 Å². The summed E-state index contributed by atoms with van der Waals surface area (Å²) in [6, 6.07) is 2.75. The van der Waals surface area contributed by atoms with E-state index >= 15 is 0 Å². The lowest BCUT2D eigenvalue weighted by Gasteiger charge is -2.10. The number of hydrogen-bond donors (Lipinski definition) is 0. The lowest BCUT2D eigenvalue weighted by atomic mass is 10.1. The molecule has 0 aromatic carbocycles. The number of aldehydes is 1. The third kappa shape index (κ3) is 3.41. The minimum absolute atomic E-state index is 0.0674. The van der Waals surface area contributed by atoms with E-state index in [0.29, 0.717) is 18.2 Å². The maximum atomic E-state index is 12.7. The van der Waals surface area contributed by atoms with E-state index in [-0.39, 0.29) is 17.5 Å². The summed E-state index contributed by atoms with van der Waals surface area (Å²) in [5.41, 5.74) is -3.15. The van der Waals surface area contributed by atoms with Gasteiger partial charge in [0.15, 0.2) is 6.29 Å². The van der Waals surface area contributed by atoms with Gasteiger partial charge in [0, 0.05) is 11.8 Å². The quantitative estimate of drug-likeness (QED) is 0.620. The SMILES string of the molecule is O=Cc1cc(C(F)(F)F)cc(-c2ccc(C(F)(F)F)nc2)n1. The first-order chi connectivity index (χ1) is 10.1. The monoisotopic (exact) mass is 320 g/mol. The summed E-state index contributed by atoms with van der Waals surface area (Å²) in [7, 11) is 0. The van der Waals surface area contributed by atoms with Gasteiger partial charge in [-0.3, -0.25) is 9.78 Å². The van der Waals surface area contributed by atoms with Gasteiger partial charge in [0.05, 0.1) is 11.3 Å². The molecule has 0 spiro atoms. The molecule has 2 rings (SSSR count). The Hall–Kier alpha value is -2.45. The highest BCUT2D eigenvalue weighted by atomic mass is 19.4. The predicted molar refractivity (Wildman–Crippen MR) is 62.9 cm³/mol. The summed E-state index contributed by atoms with van der Waals surface area (Å²) in [4.78, 5) is 17.4. The Balaban J connectivity index is 2.50. The van der Waals surface area contributed by atoms with Gasteiger partial charge >= 0.3 is 12.4 Å². The van der Waals surface area contributed by atoms with Crippen LogP contribution in [-0.2, 0) is 12.4 Å². The number of hydrogen-bond acceptors (Lipinski definition) is 3. The fourth-order valence-corrected chi connectivity index (χ4v) is 1.64. The van der Waals surface area contributed by atoms with Gasteiger partial charge in [-0.2, -0.15) is 26.3 Å². The molecule has 3 nitrogen and oxygen atoms in total. The van der Waals surface area contributed by atoms with Gasteiger partial charge in [-0.15, -0.1) is 0 Å².